The van der Waals surface area contributed by atoms with Crippen LogP contribution in [0, 0.1) is 0 Å². The van der Waals surface area contributed by atoms with E-state index in [1.165, 1.54) is 0 Å². The standard InChI is InChI=1S/C13H14ClN3/c14-10-3-1-2-9(6-10)8-17-11-4-5-12(15)13(16)7-11/h1-7,17H,8,15-16H2. The van der Waals surface area contributed by atoms with E-state index in [1.807, 2.05) is 36.4 Å². The van der Waals surface area contributed by atoms with Crippen molar-refractivity contribution in [1.29, 1.82) is 0 Å². The molecule has 2 aromatic carbocycles. The number of rotatable bonds is 3. The summed E-state index contributed by atoms with van der Waals surface area (Å²) < 4.78 is 0. The van der Waals surface area contributed by atoms with Gasteiger partial charge in [-0.15, -0.1) is 0 Å². The van der Waals surface area contributed by atoms with Gasteiger partial charge in [-0.25, -0.2) is 0 Å². The van der Waals surface area contributed by atoms with Gasteiger partial charge in [0.25, 0.3) is 0 Å². The van der Waals surface area contributed by atoms with Crippen molar-refractivity contribution in [3.63, 3.8) is 0 Å². The van der Waals surface area contributed by atoms with Gasteiger partial charge >= 0.3 is 0 Å². The molecule has 0 aliphatic heterocycles. The van der Waals surface area contributed by atoms with E-state index in [9.17, 15) is 0 Å². The van der Waals surface area contributed by atoms with Crippen LogP contribution in [-0.2, 0) is 6.54 Å². The molecule has 3 nitrogen and oxygen atoms in total. The number of nitrogen functional groups attached to an aromatic ring is 2. The number of nitrogens with one attached hydrogen (secondary N) is 1. The second kappa shape index (κ2) is 4.97. The molecule has 88 valence electrons. The van der Waals surface area contributed by atoms with Gasteiger partial charge in [0.2, 0.25) is 0 Å². The third kappa shape index (κ3) is 3.04. The number of benzene rings is 2. The minimum atomic E-state index is 0.584. The highest BCUT2D eigenvalue weighted by Gasteiger charge is 1.98. The molecule has 0 radical (unpaired) electrons. The summed E-state index contributed by atoms with van der Waals surface area (Å²) in [5, 5.41) is 4.00. The zero-order valence-corrected chi connectivity index (χ0v) is 10.0. The van der Waals surface area contributed by atoms with E-state index in [0.717, 1.165) is 16.3 Å². The Morgan fingerprint density at radius 3 is 2.53 bits per heavy atom. The Morgan fingerprint density at radius 2 is 1.82 bits per heavy atom. The van der Waals surface area contributed by atoms with Gasteiger partial charge < -0.3 is 16.8 Å². The SMILES string of the molecule is Nc1ccc(NCc2cccc(Cl)c2)cc1N. The lowest BCUT2D eigenvalue weighted by molar-refractivity contribution is 1.15. The monoisotopic (exact) mass is 247 g/mol. The summed E-state index contributed by atoms with van der Waals surface area (Å²) in [4.78, 5) is 0. The normalized spacial score (nSPS) is 10.2. The highest BCUT2D eigenvalue weighted by molar-refractivity contribution is 6.30. The molecule has 0 bridgehead atoms. The summed E-state index contributed by atoms with van der Waals surface area (Å²) in [6, 6.07) is 13.2. The van der Waals surface area contributed by atoms with Gasteiger partial charge in [0.1, 0.15) is 0 Å². The summed E-state index contributed by atoms with van der Waals surface area (Å²) in [6.45, 7) is 0.698. The summed E-state index contributed by atoms with van der Waals surface area (Å²) in [6.07, 6.45) is 0. The Balaban J connectivity index is 2.05. The molecule has 17 heavy (non-hydrogen) atoms. The van der Waals surface area contributed by atoms with E-state index in [0.29, 0.717) is 17.9 Å². The van der Waals surface area contributed by atoms with E-state index in [4.69, 9.17) is 23.1 Å². The van der Waals surface area contributed by atoms with Crippen molar-refractivity contribution in [2.24, 2.45) is 0 Å². The lowest BCUT2D eigenvalue weighted by atomic mass is 10.2. The molecule has 0 atom stereocenters. The molecule has 5 N–H and O–H groups in total. The molecule has 0 unspecified atom stereocenters. The molecule has 0 spiro atoms. The van der Waals surface area contributed by atoms with Crippen LogP contribution in [0.3, 0.4) is 0 Å². The predicted molar refractivity (Wildman–Crippen MR) is 74.0 cm³/mol. The van der Waals surface area contributed by atoms with Crippen LogP contribution in [0.1, 0.15) is 5.56 Å². The van der Waals surface area contributed by atoms with Crippen LogP contribution >= 0.6 is 11.6 Å². The molecule has 0 aliphatic carbocycles. The Labute approximate surface area is 105 Å². The van der Waals surface area contributed by atoms with Crippen LogP contribution in [0.25, 0.3) is 0 Å². The second-order valence-corrected chi connectivity index (χ2v) is 4.26. The predicted octanol–water partition coefficient (Wildman–Crippen LogP) is 3.12. The van der Waals surface area contributed by atoms with Crippen molar-refractivity contribution in [1.82, 2.24) is 0 Å². The van der Waals surface area contributed by atoms with Crippen molar-refractivity contribution in [3.8, 4) is 0 Å². The summed E-state index contributed by atoms with van der Waals surface area (Å²) >= 11 is 5.91. The molecule has 0 saturated heterocycles. The van der Waals surface area contributed by atoms with Gasteiger partial charge in [-0.05, 0) is 35.9 Å². The fraction of sp³-hybridized carbons (Fsp3) is 0.0769. The van der Waals surface area contributed by atoms with Crippen molar-refractivity contribution in [3.05, 3.63) is 53.1 Å². The first kappa shape index (κ1) is 11.6. The summed E-state index contributed by atoms with van der Waals surface area (Å²) in [7, 11) is 0. The Hall–Kier alpha value is -1.87. The van der Waals surface area contributed by atoms with E-state index in [1.54, 1.807) is 6.07 Å². The number of nitrogens with two attached hydrogens (primary N) is 2. The smallest absolute Gasteiger partial charge is 0.0568 e. The maximum atomic E-state index is 5.91. The quantitative estimate of drug-likeness (QED) is 0.731. The zero-order valence-electron chi connectivity index (χ0n) is 9.28. The maximum absolute atomic E-state index is 5.91. The average Bonchev–Trinajstić information content (AvgIpc) is 2.31. The lowest BCUT2D eigenvalue weighted by Gasteiger charge is -2.08. The largest absolute Gasteiger partial charge is 0.397 e. The molecule has 2 rings (SSSR count). The number of hydrogen-bond donors (Lipinski definition) is 3. The minimum absolute atomic E-state index is 0.584. The van der Waals surface area contributed by atoms with E-state index < -0.39 is 0 Å². The highest BCUT2D eigenvalue weighted by Crippen LogP contribution is 2.20. The van der Waals surface area contributed by atoms with Crippen molar-refractivity contribution in [2.75, 3.05) is 16.8 Å². The molecule has 0 amide bonds. The fourth-order valence-electron chi connectivity index (χ4n) is 1.54. The summed E-state index contributed by atoms with van der Waals surface area (Å²) in [5.41, 5.74) is 14.6. The van der Waals surface area contributed by atoms with Crippen LogP contribution in [0.5, 0.6) is 0 Å². The van der Waals surface area contributed by atoms with E-state index in [2.05, 4.69) is 5.32 Å². The Bertz CT molecular complexity index is 526. The molecule has 0 saturated carbocycles. The first-order valence-corrected chi connectivity index (χ1v) is 5.66. The number of halogens is 1. The molecule has 0 aromatic heterocycles. The van der Waals surface area contributed by atoms with Crippen molar-refractivity contribution >= 4 is 28.7 Å². The van der Waals surface area contributed by atoms with Crippen molar-refractivity contribution < 1.29 is 0 Å². The van der Waals surface area contributed by atoms with Crippen LogP contribution in [0.4, 0.5) is 17.1 Å². The zero-order chi connectivity index (χ0) is 12.3. The fourth-order valence-corrected chi connectivity index (χ4v) is 1.75. The van der Waals surface area contributed by atoms with Crippen LogP contribution in [0.2, 0.25) is 5.02 Å². The van der Waals surface area contributed by atoms with Gasteiger partial charge in [0.15, 0.2) is 0 Å². The van der Waals surface area contributed by atoms with Crippen LogP contribution in [0.15, 0.2) is 42.5 Å². The van der Waals surface area contributed by atoms with E-state index >= 15 is 0 Å². The number of hydrogen-bond acceptors (Lipinski definition) is 3. The van der Waals surface area contributed by atoms with Crippen LogP contribution < -0.4 is 16.8 Å². The van der Waals surface area contributed by atoms with Gasteiger partial charge in [-0.1, -0.05) is 23.7 Å². The average molecular weight is 248 g/mol. The van der Waals surface area contributed by atoms with Gasteiger partial charge in [-0.3, -0.25) is 0 Å². The first-order chi connectivity index (χ1) is 8.15. The van der Waals surface area contributed by atoms with Crippen molar-refractivity contribution in [2.45, 2.75) is 6.54 Å². The molecule has 4 heteroatoms. The third-order valence-electron chi connectivity index (χ3n) is 2.47. The van der Waals surface area contributed by atoms with Gasteiger partial charge in [-0.2, -0.15) is 0 Å². The first-order valence-electron chi connectivity index (χ1n) is 5.28. The summed E-state index contributed by atoms with van der Waals surface area (Å²) in [5.74, 6) is 0. The molecular weight excluding hydrogens is 234 g/mol. The molecule has 0 fully saturated rings. The Morgan fingerprint density at radius 1 is 1.00 bits per heavy atom. The minimum Gasteiger partial charge on any atom is -0.397 e. The van der Waals surface area contributed by atoms with Crippen LogP contribution in [-0.4, -0.2) is 0 Å². The lowest BCUT2D eigenvalue weighted by Crippen LogP contribution is -2.01. The topological polar surface area (TPSA) is 64.1 Å². The molecule has 0 aliphatic rings. The molecular formula is C13H14ClN3. The maximum Gasteiger partial charge on any atom is 0.0568 e. The second-order valence-electron chi connectivity index (χ2n) is 3.83. The molecule has 2 aromatic rings. The van der Waals surface area contributed by atoms with E-state index in [-0.39, 0.29) is 0 Å². The molecule has 0 heterocycles. The number of anilines is 3. The van der Waals surface area contributed by atoms with Gasteiger partial charge in [0.05, 0.1) is 11.4 Å². The highest BCUT2D eigenvalue weighted by atomic mass is 35.5. The third-order valence-corrected chi connectivity index (χ3v) is 2.71. The Kier molecular flexibility index (Phi) is 3.40. The van der Waals surface area contributed by atoms with Gasteiger partial charge in [0, 0.05) is 17.3 Å².